The number of hydrogen-bond donors (Lipinski definition) is 5. The van der Waals surface area contributed by atoms with Crippen molar-refractivity contribution < 1.29 is 39.5 Å². The highest BCUT2D eigenvalue weighted by atomic mass is 35.5. The normalized spacial score (nSPS) is 12.1. The maximum Gasteiger partial charge on any atom is 0.306 e. The molecule has 61 heavy (non-hydrogen) atoms. The largest absolute Gasteiger partial charge is 0.488 e. The van der Waals surface area contributed by atoms with Crippen LogP contribution in [0.15, 0.2) is 97.3 Å². The maximum atomic E-state index is 11.0. The zero-order valence-corrected chi connectivity index (χ0v) is 34.7. The van der Waals surface area contributed by atoms with Gasteiger partial charge < -0.3 is 35.2 Å². The van der Waals surface area contributed by atoms with E-state index in [0.29, 0.717) is 53.5 Å². The number of ether oxygens (including phenoxy) is 2. The molecule has 0 aliphatic heterocycles. The Labute approximate surface area is 359 Å². The van der Waals surface area contributed by atoms with Crippen LogP contribution in [-0.2, 0) is 35.8 Å². The monoisotopic (exact) mass is 842 g/mol. The van der Waals surface area contributed by atoms with Crippen LogP contribution in [0.3, 0.4) is 0 Å². The molecule has 0 amide bonds. The number of fused-ring (bicyclic) bond motifs is 1. The number of aliphatic hydroxyl groups is 2. The van der Waals surface area contributed by atoms with Crippen LogP contribution in [0.1, 0.15) is 64.6 Å². The van der Waals surface area contributed by atoms with Crippen LogP contribution in [0.25, 0.3) is 33.3 Å². The minimum absolute atomic E-state index is 0.135. The Hall–Kier alpha value is -6.36. The second-order valence-electron chi connectivity index (χ2n) is 15.0. The molecule has 0 aliphatic carbocycles. The molecule has 0 unspecified atom stereocenters. The van der Waals surface area contributed by atoms with E-state index in [2.05, 4.69) is 48.4 Å². The molecule has 4 aromatic carbocycles. The van der Waals surface area contributed by atoms with E-state index in [1.165, 1.54) is 6.20 Å². The number of nitrogens with zero attached hydrogens (tertiary/aromatic N) is 3. The highest BCUT2D eigenvalue weighted by Crippen LogP contribution is 2.37. The second kappa shape index (κ2) is 20.7. The average molecular weight is 843 g/mol. The zero-order valence-electron chi connectivity index (χ0n) is 33.9. The fraction of sp³-hybridized carbons (Fsp3) is 0.271. The van der Waals surface area contributed by atoms with Crippen molar-refractivity contribution >= 4 is 34.4 Å². The van der Waals surface area contributed by atoms with Gasteiger partial charge in [-0.05, 0) is 102 Å². The molecule has 2 heterocycles. The van der Waals surface area contributed by atoms with Crippen molar-refractivity contribution in [2.24, 2.45) is 0 Å². The number of benzene rings is 4. The van der Waals surface area contributed by atoms with E-state index in [-0.39, 0.29) is 32.6 Å². The first kappa shape index (κ1) is 44.2. The number of carboxylic acids is 2. The van der Waals surface area contributed by atoms with Crippen LogP contribution in [0.2, 0.25) is 5.02 Å². The molecule has 0 spiro atoms. The van der Waals surface area contributed by atoms with Crippen LogP contribution in [0.5, 0.6) is 11.5 Å². The lowest BCUT2D eigenvalue weighted by Gasteiger charge is -2.18. The number of aliphatic carboxylic acids is 2. The van der Waals surface area contributed by atoms with Gasteiger partial charge in [-0.15, -0.1) is 0 Å². The SMILES string of the molecule is Cc1c(COc2cc(OCc3cncc(C#N)c3)c(CCC[C@@H](O)CC(=O)O)cc2Cl)cccc1-c1cccc(-c2ccc3cc(CNC[C@@H](O)CC(=O)O)ccc3n2)c1C. The van der Waals surface area contributed by atoms with E-state index >= 15 is 0 Å². The molecule has 13 heteroatoms. The smallest absolute Gasteiger partial charge is 0.306 e. The molecule has 2 atom stereocenters. The molecule has 5 N–H and O–H groups in total. The summed E-state index contributed by atoms with van der Waals surface area (Å²) in [4.78, 5) is 31.0. The number of carboxylic acid groups (broad SMARTS) is 2. The summed E-state index contributed by atoms with van der Waals surface area (Å²) in [6.07, 6.45) is 1.81. The summed E-state index contributed by atoms with van der Waals surface area (Å²) in [7, 11) is 0. The van der Waals surface area contributed by atoms with Crippen LogP contribution in [0.4, 0.5) is 0 Å². The fourth-order valence-corrected chi connectivity index (χ4v) is 7.46. The first-order chi connectivity index (χ1) is 29.4. The van der Waals surface area contributed by atoms with Crippen LogP contribution < -0.4 is 14.8 Å². The lowest BCUT2D eigenvalue weighted by Crippen LogP contribution is -2.28. The number of aryl methyl sites for hydroxylation is 1. The van der Waals surface area contributed by atoms with Crippen molar-refractivity contribution in [1.82, 2.24) is 15.3 Å². The molecule has 0 radical (unpaired) electrons. The molecular weight excluding hydrogens is 796 g/mol. The molecule has 0 aliphatic rings. The molecule has 0 saturated heterocycles. The van der Waals surface area contributed by atoms with Gasteiger partial charge in [0, 0.05) is 48.1 Å². The minimum Gasteiger partial charge on any atom is -0.488 e. The molecule has 0 fully saturated rings. The van der Waals surface area contributed by atoms with Crippen molar-refractivity contribution in [2.45, 2.75) is 77.9 Å². The number of aromatic nitrogens is 2. The van der Waals surface area contributed by atoms with Gasteiger partial charge in [0.15, 0.2) is 0 Å². The highest BCUT2D eigenvalue weighted by molar-refractivity contribution is 6.32. The predicted octanol–water partition coefficient (Wildman–Crippen LogP) is 8.35. The first-order valence-corrected chi connectivity index (χ1v) is 20.3. The van der Waals surface area contributed by atoms with E-state index < -0.39 is 24.1 Å². The summed E-state index contributed by atoms with van der Waals surface area (Å²) in [5, 5.41) is 51.7. The number of aliphatic hydroxyl groups excluding tert-OH is 2. The lowest BCUT2D eigenvalue weighted by molar-refractivity contribution is -0.140. The van der Waals surface area contributed by atoms with E-state index in [4.69, 9.17) is 36.3 Å². The Morgan fingerprint density at radius 1 is 0.787 bits per heavy atom. The fourth-order valence-electron chi connectivity index (χ4n) is 7.22. The zero-order chi connectivity index (χ0) is 43.5. The Bertz CT molecular complexity index is 2580. The molecule has 2 aromatic heterocycles. The molecule has 0 saturated carbocycles. The number of nitriles is 1. The summed E-state index contributed by atoms with van der Waals surface area (Å²) in [6.45, 7) is 5.18. The highest BCUT2D eigenvalue weighted by Gasteiger charge is 2.17. The maximum absolute atomic E-state index is 11.0. The topological polar surface area (TPSA) is 195 Å². The van der Waals surface area contributed by atoms with Gasteiger partial charge in [0.05, 0.1) is 46.8 Å². The Balaban J connectivity index is 1.19. The number of carbonyl (C=O) groups is 2. The van der Waals surface area contributed by atoms with E-state index in [9.17, 15) is 25.1 Å². The summed E-state index contributed by atoms with van der Waals surface area (Å²) >= 11 is 6.80. The Morgan fingerprint density at radius 3 is 2.28 bits per heavy atom. The number of nitrogens with one attached hydrogen (secondary N) is 1. The molecule has 6 aromatic rings. The van der Waals surface area contributed by atoms with Gasteiger partial charge in [-0.3, -0.25) is 14.6 Å². The third-order valence-electron chi connectivity index (χ3n) is 10.4. The quantitative estimate of drug-likeness (QED) is 0.0494. The van der Waals surface area contributed by atoms with E-state index in [0.717, 1.165) is 61.1 Å². The van der Waals surface area contributed by atoms with Crippen molar-refractivity contribution in [1.29, 1.82) is 5.26 Å². The van der Waals surface area contributed by atoms with Gasteiger partial charge in [-0.2, -0.15) is 5.26 Å². The summed E-state index contributed by atoms with van der Waals surface area (Å²) in [6, 6.07) is 29.6. The van der Waals surface area contributed by atoms with Gasteiger partial charge >= 0.3 is 11.9 Å². The molecular formula is C48H47ClN4O8. The molecule has 12 nitrogen and oxygen atoms in total. The van der Waals surface area contributed by atoms with Crippen LogP contribution >= 0.6 is 11.6 Å². The molecule has 314 valence electrons. The molecule has 6 rings (SSSR count). The molecule has 0 bridgehead atoms. The number of rotatable bonds is 20. The van der Waals surface area contributed by atoms with Gasteiger partial charge in [-0.1, -0.05) is 60.1 Å². The minimum atomic E-state index is -1.06. The number of hydrogen-bond acceptors (Lipinski definition) is 10. The van der Waals surface area contributed by atoms with Crippen molar-refractivity contribution in [2.75, 3.05) is 6.54 Å². The van der Waals surface area contributed by atoms with Crippen LogP contribution in [-0.4, -0.2) is 61.1 Å². The summed E-state index contributed by atoms with van der Waals surface area (Å²) in [5.74, 6) is -1.17. The average Bonchev–Trinajstić information content (AvgIpc) is 3.23. The van der Waals surface area contributed by atoms with Gasteiger partial charge in [0.1, 0.15) is 30.8 Å². The van der Waals surface area contributed by atoms with Crippen molar-refractivity contribution in [3.05, 3.63) is 141 Å². The lowest BCUT2D eigenvalue weighted by atomic mass is 9.90. The second-order valence-corrected chi connectivity index (χ2v) is 15.4. The summed E-state index contributed by atoms with van der Waals surface area (Å²) in [5.41, 5.74) is 10.8. The van der Waals surface area contributed by atoms with E-state index in [1.54, 1.807) is 24.4 Å². The third kappa shape index (κ3) is 11.9. The number of pyridine rings is 2. The van der Waals surface area contributed by atoms with Gasteiger partial charge in [0.2, 0.25) is 0 Å². The van der Waals surface area contributed by atoms with Gasteiger partial charge in [0.25, 0.3) is 0 Å². The summed E-state index contributed by atoms with van der Waals surface area (Å²) < 4.78 is 12.6. The Morgan fingerprint density at radius 2 is 1.51 bits per heavy atom. The van der Waals surface area contributed by atoms with E-state index in [1.807, 2.05) is 48.5 Å². The number of halogens is 1. The van der Waals surface area contributed by atoms with Crippen molar-refractivity contribution in [3.63, 3.8) is 0 Å². The first-order valence-electron chi connectivity index (χ1n) is 19.9. The van der Waals surface area contributed by atoms with Crippen molar-refractivity contribution in [3.8, 4) is 40.0 Å². The Kier molecular flexibility index (Phi) is 15.0. The van der Waals surface area contributed by atoms with Crippen LogP contribution in [0, 0.1) is 25.2 Å². The standard InChI is InChI=1S/C48H47ClN4O8/c1-29-36(28-61-46-21-45(60-27-33-16-32(22-50)24-51-25-33)35(18-42(46)49)6-3-8-37(54)19-47(56)57)7-4-9-39(29)40-10-5-11-41(30(40)2)44-15-13-34-17-31(12-14-43(34)53-44)23-52-26-38(55)20-48(58)59/h4-5,7,9-18,21,24-25,37-38,52,54-55H,3,6,8,19-20,23,26-28H2,1-2H3,(H,56,57)(H,58,59)/t37-,38+/m1/s1. The predicted molar refractivity (Wildman–Crippen MR) is 232 cm³/mol. The third-order valence-corrected chi connectivity index (χ3v) is 10.7. The van der Waals surface area contributed by atoms with Gasteiger partial charge in [-0.25, -0.2) is 4.98 Å².